The summed E-state index contributed by atoms with van der Waals surface area (Å²) in [5.41, 5.74) is 6.20. The van der Waals surface area contributed by atoms with Crippen LogP contribution in [0.15, 0.2) is 36.7 Å². The highest BCUT2D eigenvalue weighted by Gasteiger charge is 2.16. The Morgan fingerprint density at radius 3 is 2.45 bits per heavy atom. The molecule has 2 aromatic rings. The van der Waals surface area contributed by atoms with Crippen LogP contribution in [0.1, 0.15) is 24.1 Å². The highest BCUT2D eigenvalue weighted by atomic mass is 32.1. The molecule has 0 spiro atoms. The molecule has 0 aliphatic carbocycles. The van der Waals surface area contributed by atoms with Crippen LogP contribution in [-0.4, -0.2) is 9.97 Å². The van der Waals surface area contributed by atoms with Crippen molar-refractivity contribution in [3.63, 3.8) is 0 Å². The van der Waals surface area contributed by atoms with E-state index in [1.807, 2.05) is 6.92 Å². The predicted molar refractivity (Wildman–Crippen MR) is 78.5 cm³/mol. The molecule has 0 saturated heterocycles. The Bertz CT molecular complexity index is 632. The third-order valence-electron chi connectivity index (χ3n) is 2.93. The van der Waals surface area contributed by atoms with E-state index in [2.05, 4.69) is 22.5 Å². The van der Waals surface area contributed by atoms with Crippen molar-refractivity contribution in [2.24, 2.45) is 5.73 Å². The summed E-state index contributed by atoms with van der Waals surface area (Å²) in [4.78, 5) is 3.74. The quantitative estimate of drug-likeness (QED) is 0.850. The number of rotatable bonds is 4. The normalized spacial score (nSPS) is 11.9. The first-order valence-corrected chi connectivity index (χ1v) is 6.35. The average Bonchev–Trinajstić information content (AvgIpc) is 2.44. The summed E-state index contributed by atoms with van der Waals surface area (Å²) in [5.74, 6) is -2.03. The average molecular weight is 293 g/mol. The van der Waals surface area contributed by atoms with Gasteiger partial charge in [0.25, 0.3) is 0 Å². The molecule has 2 rings (SSSR count). The van der Waals surface area contributed by atoms with Crippen molar-refractivity contribution in [2.45, 2.75) is 13.0 Å². The lowest BCUT2D eigenvalue weighted by molar-refractivity contribution is 0.508. The lowest BCUT2D eigenvalue weighted by Crippen LogP contribution is -2.15. The molecule has 104 valence electrons. The molecule has 0 bridgehead atoms. The molecule has 1 aromatic heterocycles. The minimum Gasteiger partial charge on any atom is -0.389 e. The minimum absolute atomic E-state index is 0.0619. The second-order valence-electron chi connectivity index (χ2n) is 4.30. The molecular formula is C14H13F2N3S. The van der Waals surface area contributed by atoms with Gasteiger partial charge < -0.3 is 11.1 Å². The zero-order valence-electron chi connectivity index (χ0n) is 10.7. The van der Waals surface area contributed by atoms with Crippen LogP contribution in [0, 0.1) is 11.6 Å². The largest absolute Gasteiger partial charge is 0.389 e. The van der Waals surface area contributed by atoms with E-state index in [0.29, 0.717) is 0 Å². The maximum absolute atomic E-state index is 13.9. The SMILES string of the molecule is CC(Nc1ccc(C(N)=S)c(F)c1F)c1ccncc1. The summed E-state index contributed by atoms with van der Waals surface area (Å²) in [6.07, 6.45) is 3.28. The van der Waals surface area contributed by atoms with E-state index >= 15 is 0 Å². The van der Waals surface area contributed by atoms with E-state index in [0.717, 1.165) is 5.56 Å². The van der Waals surface area contributed by atoms with Gasteiger partial charge in [-0.1, -0.05) is 12.2 Å². The van der Waals surface area contributed by atoms with Gasteiger partial charge in [-0.15, -0.1) is 0 Å². The van der Waals surface area contributed by atoms with Crippen molar-refractivity contribution in [2.75, 3.05) is 5.32 Å². The Labute approximate surface area is 120 Å². The smallest absolute Gasteiger partial charge is 0.182 e. The van der Waals surface area contributed by atoms with Gasteiger partial charge in [0.05, 0.1) is 5.69 Å². The first-order valence-electron chi connectivity index (χ1n) is 5.95. The number of nitrogens with one attached hydrogen (secondary N) is 1. The van der Waals surface area contributed by atoms with Gasteiger partial charge in [0.1, 0.15) is 4.99 Å². The van der Waals surface area contributed by atoms with Gasteiger partial charge in [-0.05, 0) is 36.8 Å². The van der Waals surface area contributed by atoms with Crippen molar-refractivity contribution in [1.82, 2.24) is 4.98 Å². The molecule has 0 aliphatic heterocycles. The van der Waals surface area contributed by atoms with Crippen LogP contribution in [0.2, 0.25) is 0 Å². The molecule has 1 aromatic carbocycles. The van der Waals surface area contributed by atoms with E-state index < -0.39 is 11.6 Å². The van der Waals surface area contributed by atoms with Crippen LogP contribution < -0.4 is 11.1 Å². The molecule has 20 heavy (non-hydrogen) atoms. The number of benzene rings is 1. The first-order chi connectivity index (χ1) is 9.50. The summed E-state index contributed by atoms with van der Waals surface area (Å²) < 4.78 is 27.7. The highest BCUT2D eigenvalue weighted by molar-refractivity contribution is 7.80. The molecule has 0 fully saturated rings. The minimum atomic E-state index is -1.04. The van der Waals surface area contributed by atoms with Crippen molar-refractivity contribution >= 4 is 22.9 Å². The molecule has 1 atom stereocenters. The molecule has 1 unspecified atom stereocenters. The third kappa shape index (κ3) is 2.91. The van der Waals surface area contributed by atoms with Crippen LogP contribution >= 0.6 is 12.2 Å². The topological polar surface area (TPSA) is 50.9 Å². The van der Waals surface area contributed by atoms with E-state index in [-0.39, 0.29) is 22.3 Å². The van der Waals surface area contributed by atoms with Crippen molar-refractivity contribution in [3.05, 3.63) is 59.4 Å². The molecule has 3 nitrogen and oxygen atoms in total. The molecule has 0 saturated carbocycles. The highest BCUT2D eigenvalue weighted by Crippen LogP contribution is 2.24. The van der Waals surface area contributed by atoms with Crippen LogP contribution in [0.25, 0.3) is 0 Å². The lowest BCUT2D eigenvalue weighted by Gasteiger charge is -2.17. The van der Waals surface area contributed by atoms with Gasteiger partial charge in [-0.25, -0.2) is 8.78 Å². The standard InChI is InChI=1S/C14H13F2N3S/c1-8(9-4-6-18-7-5-9)19-11-3-2-10(14(17)20)12(15)13(11)16/h2-8,19H,1H3,(H2,17,20). The van der Waals surface area contributed by atoms with Crippen LogP contribution in [0.5, 0.6) is 0 Å². The summed E-state index contributed by atoms with van der Waals surface area (Å²) >= 11 is 4.66. The third-order valence-corrected chi connectivity index (χ3v) is 3.15. The van der Waals surface area contributed by atoms with Crippen LogP contribution in [-0.2, 0) is 0 Å². The van der Waals surface area contributed by atoms with Gasteiger partial charge in [0, 0.05) is 24.0 Å². The van der Waals surface area contributed by atoms with Gasteiger partial charge in [0.2, 0.25) is 0 Å². The van der Waals surface area contributed by atoms with Crippen molar-refractivity contribution < 1.29 is 8.78 Å². The van der Waals surface area contributed by atoms with Gasteiger partial charge >= 0.3 is 0 Å². The van der Waals surface area contributed by atoms with E-state index in [4.69, 9.17) is 5.73 Å². The Morgan fingerprint density at radius 1 is 1.20 bits per heavy atom. The maximum Gasteiger partial charge on any atom is 0.182 e. The first kappa shape index (κ1) is 14.3. The molecule has 1 heterocycles. The fourth-order valence-corrected chi connectivity index (χ4v) is 1.98. The van der Waals surface area contributed by atoms with E-state index in [1.165, 1.54) is 12.1 Å². The molecular weight excluding hydrogens is 280 g/mol. The van der Waals surface area contributed by atoms with Gasteiger partial charge in [-0.2, -0.15) is 0 Å². The number of hydrogen-bond donors (Lipinski definition) is 2. The summed E-state index contributed by atoms with van der Waals surface area (Å²) in [7, 11) is 0. The van der Waals surface area contributed by atoms with Crippen LogP contribution in [0.3, 0.4) is 0 Å². The van der Waals surface area contributed by atoms with Gasteiger partial charge in [0.15, 0.2) is 11.6 Å². The second kappa shape index (κ2) is 5.92. The maximum atomic E-state index is 13.9. The van der Waals surface area contributed by atoms with Crippen molar-refractivity contribution in [1.29, 1.82) is 0 Å². The predicted octanol–water partition coefficient (Wildman–Crippen LogP) is 3.17. The zero-order chi connectivity index (χ0) is 14.7. The fraction of sp³-hybridized carbons (Fsp3) is 0.143. The number of hydrogen-bond acceptors (Lipinski definition) is 3. The van der Waals surface area contributed by atoms with E-state index in [9.17, 15) is 8.78 Å². The van der Waals surface area contributed by atoms with Crippen LogP contribution in [0.4, 0.5) is 14.5 Å². The number of nitrogens with zero attached hydrogens (tertiary/aromatic N) is 1. The molecule has 3 N–H and O–H groups in total. The Balaban J connectivity index is 2.27. The Morgan fingerprint density at radius 2 is 1.85 bits per heavy atom. The zero-order valence-corrected chi connectivity index (χ0v) is 11.5. The van der Waals surface area contributed by atoms with Gasteiger partial charge in [-0.3, -0.25) is 4.98 Å². The summed E-state index contributed by atoms with van der Waals surface area (Å²) in [5, 5.41) is 2.91. The molecule has 0 aliphatic rings. The lowest BCUT2D eigenvalue weighted by atomic mass is 10.1. The number of aromatic nitrogens is 1. The Hall–Kier alpha value is -2.08. The summed E-state index contributed by atoms with van der Waals surface area (Å²) in [6.45, 7) is 1.84. The number of nitrogens with two attached hydrogens (primary N) is 1. The number of anilines is 1. The molecule has 0 amide bonds. The fourth-order valence-electron chi connectivity index (χ4n) is 1.82. The number of pyridine rings is 1. The monoisotopic (exact) mass is 293 g/mol. The molecule has 6 heteroatoms. The summed E-state index contributed by atoms with van der Waals surface area (Å²) in [6, 6.07) is 6.19. The second-order valence-corrected chi connectivity index (χ2v) is 4.74. The number of halogens is 2. The van der Waals surface area contributed by atoms with E-state index in [1.54, 1.807) is 24.5 Å². The number of thiocarbonyl (C=S) groups is 1. The Kier molecular flexibility index (Phi) is 4.24. The van der Waals surface area contributed by atoms with Crippen molar-refractivity contribution in [3.8, 4) is 0 Å². The molecule has 0 radical (unpaired) electrons.